The topological polar surface area (TPSA) is 73.3 Å². The summed E-state index contributed by atoms with van der Waals surface area (Å²) in [6.07, 6.45) is 0.653. The molecule has 3 aromatic carbocycles. The molecule has 32 heavy (non-hydrogen) atoms. The molecule has 0 amide bonds. The highest BCUT2D eigenvalue weighted by atomic mass is 16.3. The van der Waals surface area contributed by atoms with E-state index in [-0.39, 0.29) is 11.3 Å². The molecule has 0 saturated heterocycles. The van der Waals surface area contributed by atoms with E-state index in [0.29, 0.717) is 11.8 Å². The molecular weight excluding hydrogens is 398 g/mol. The number of rotatable bonds is 6. The van der Waals surface area contributed by atoms with Crippen molar-refractivity contribution in [2.75, 3.05) is 0 Å². The van der Waals surface area contributed by atoms with Crippen molar-refractivity contribution in [1.29, 1.82) is 0 Å². The Hall–Kier alpha value is -3.63. The number of hydrogen-bond donors (Lipinski definition) is 3. The summed E-state index contributed by atoms with van der Waals surface area (Å²) in [7, 11) is 0. The monoisotopic (exact) mass is 425 g/mol. The molecule has 0 saturated carbocycles. The maximum Gasteiger partial charge on any atom is 0.150 e. The second-order valence-electron chi connectivity index (χ2n) is 8.42. The molecule has 162 valence electrons. The number of carbonyl (C=O) groups is 1. The number of aromatic nitrogens is 1. The average molecular weight is 426 g/mol. The zero-order valence-corrected chi connectivity index (χ0v) is 18.5. The average Bonchev–Trinajstić information content (AvgIpc) is 3.13. The lowest BCUT2D eigenvalue weighted by atomic mass is 9.82. The van der Waals surface area contributed by atoms with Crippen molar-refractivity contribution >= 4 is 17.2 Å². The molecule has 0 spiro atoms. The van der Waals surface area contributed by atoms with Crippen LogP contribution < -0.4 is 0 Å². The van der Waals surface area contributed by atoms with Crippen LogP contribution in [0.5, 0.6) is 0 Å². The first-order valence-corrected chi connectivity index (χ1v) is 10.6. The van der Waals surface area contributed by atoms with E-state index >= 15 is 0 Å². The van der Waals surface area contributed by atoms with E-state index in [2.05, 4.69) is 23.2 Å². The molecule has 0 radical (unpaired) electrons. The molecule has 0 fully saturated rings. The van der Waals surface area contributed by atoms with Gasteiger partial charge in [-0.3, -0.25) is 4.79 Å². The Morgan fingerprint density at radius 2 is 1.59 bits per heavy atom. The molecule has 0 aliphatic heterocycles. The van der Waals surface area contributed by atoms with Crippen LogP contribution in [0, 0.1) is 13.8 Å². The van der Waals surface area contributed by atoms with Gasteiger partial charge in [0.15, 0.2) is 6.29 Å². The van der Waals surface area contributed by atoms with Crippen LogP contribution >= 0.6 is 0 Å². The SMILES string of the molecule is Cc1ccc2c(C)c(C(/C(C=O)=C(\O)[C@](C)(O)c3ccccc3)c3ccccc3)[nH]c2c1. The fourth-order valence-corrected chi connectivity index (χ4v) is 4.35. The minimum atomic E-state index is -1.72. The highest BCUT2D eigenvalue weighted by Gasteiger charge is 2.35. The van der Waals surface area contributed by atoms with Crippen molar-refractivity contribution in [2.24, 2.45) is 0 Å². The van der Waals surface area contributed by atoms with Gasteiger partial charge in [0.1, 0.15) is 11.4 Å². The number of allylic oxidation sites excluding steroid dienone is 1. The first-order chi connectivity index (χ1) is 15.3. The smallest absolute Gasteiger partial charge is 0.150 e. The molecule has 1 unspecified atom stereocenters. The van der Waals surface area contributed by atoms with E-state index < -0.39 is 11.5 Å². The van der Waals surface area contributed by atoms with E-state index in [1.807, 2.05) is 50.2 Å². The number of carbonyl (C=O) groups excluding carboxylic acids is 1. The first-order valence-electron chi connectivity index (χ1n) is 10.6. The molecule has 3 N–H and O–H groups in total. The highest BCUT2D eigenvalue weighted by molar-refractivity contribution is 5.87. The third-order valence-electron chi connectivity index (χ3n) is 6.18. The van der Waals surface area contributed by atoms with Crippen LogP contribution in [0.3, 0.4) is 0 Å². The van der Waals surface area contributed by atoms with Crippen LogP contribution in [0.4, 0.5) is 0 Å². The Balaban J connectivity index is 1.98. The number of fused-ring (bicyclic) bond motifs is 1. The molecule has 0 aliphatic rings. The number of benzene rings is 3. The molecule has 4 nitrogen and oxygen atoms in total. The second kappa shape index (κ2) is 8.48. The largest absolute Gasteiger partial charge is 0.508 e. The number of hydrogen-bond acceptors (Lipinski definition) is 3. The van der Waals surface area contributed by atoms with Gasteiger partial charge in [0.05, 0.1) is 5.92 Å². The van der Waals surface area contributed by atoms with E-state index in [9.17, 15) is 15.0 Å². The molecule has 4 rings (SSSR count). The number of aliphatic hydroxyl groups is 2. The van der Waals surface area contributed by atoms with E-state index in [4.69, 9.17) is 0 Å². The second-order valence-corrected chi connectivity index (χ2v) is 8.42. The lowest BCUT2D eigenvalue weighted by molar-refractivity contribution is -0.105. The van der Waals surface area contributed by atoms with E-state index in [1.165, 1.54) is 6.92 Å². The van der Waals surface area contributed by atoms with E-state index in [0.717, 1.165) is 33.3 Å². The van der Waals surface area contributed by atoms with Crippen LogP contribution in [-0.2, 0) is 10.4 Å². The molecule has 0 aliphatic carbocycles. The van der Waals surface area contributed by atoms with Gasteiger partial charge in [-0.05, 0) is 49.1 Å². The van der Waals surface area contributed by atoms with Crippen LogP contribution in [0.2, 0.25) is 0 Å². The van der Waals surface area contributed by atoms with Gasteiger partial charge in [0, 0.05) is 22.2 Å². The van der Waals surface area contributed by atoms with Crippen molar-refractivity contribution in [3.05, 3.63) is 118 Å². The predicted molar refractivity (Wildman–Crippen MR) is 128 cm³/mol. The third kappa shape index (κ3) is 3.74. The summed E-state index contributed by atoms with van der Waals surface area (Å²) >= 11 is 0. The van der Waals surface area contributed by atoms with Crippen molar-refractivity contribution in [3.63, 3.8) is 0 Å². The number of nitrogens with one attached hydrogen (secondary N) is 1. The first kappa shape index (κ1) is 21.6. The summed E-state index contributed by atoms with van der Waals surface area (Å²) in [5, 5.41) is 23.6. The van der Waals surface area contributed by atoms with Crippen molar-refractivity contribution in [1.82, 2.24) is 4.98 Å². The zero-order valence-electron chi connectivity index (χ0n) is 18.5. The predicted octanol–water partition coefficient (Wildman–Crippen LogP) is 5.84. The van der Waals surface area contributed by atoms with Crippen LogP contribution in [0.15, 0.2) is 90.2 Å². The summed E-state index contributed by atoms with van der Waals surface area (Å²) in [5.74, 6) is -0.932. The number of H-pyrrole nitrogens is 1. The van der Waals surface area contributed by atoms with E-state index in [1.54, 1.807) is 24.3 Å². The van der Waals surface area contributed by atoms with Gasteiger partial charge >= 0.3 is 0 Å². The molecule has 4 aromatic rings. The van der Waals surface area contributed by atoms with Crippen molar-refractivity contribution < 1.29 is 15.0 Å². The normalized spacial score (nSPS) is 15.1. The van der Waals surface area contributed by atoms with Gasteiger partial charge in [-0.2, -0.15) is 0 Å². The lowest BCUT2D eigenvalue weighted by Crippen LogP contribution is -2.27. The number of aliphatic hydroxyl groups excluding tert-OH is 1. The van der Waals surface area contributed by atoms with Crippen LogP contribution in [-0.4, -0.2) is 21.5 Å². The quantitative estimate of drug-likeness (QED) is 0.207. The van der Waals surface area contributed by atoms with Crippen LogP contribution in [0.25, 0.3) is 10.9 Å². The summed E-state index contributed by atoms with van der Waals surface area (Å²) < 4.78 is 0. The lowest BCUT2D eigenvalue weighted by Gasteiger charge is -2.27. The van der Waals surface area contributed by atoms with Gasteiger partial charge in [0.2, 0.25) is 0 Å². The van der Waals surface area contributed by atoms with Crippen molar-refractivity contribution in [2.45, 2.75) is 32.3 Å². The van der Waals surface area contributed by atoms with Crippen LogP contribution in [0.1, 0.15) is 40.8 Å². The fraction of sp³-hybridized carbons (Fsp3) is 0.179. The fourth-order valence-electron chi connectivity index (χ4n) is 4.35. The third-order valence-corrected chi connectivity index (χ3v) is 6.18. The Labute approximate surface area is 187 Å². The molecule has 0 bridgehead atoms. The van der Waals surface area contributed by atoms with Gasteiger partial charge < -0.3 is 15.2 Å². The zero-order chi connectivity index (χ0) is 22.9. The Bertz CT molecular complexity index is 1280. The maximum absolute atomic E-state index is 12.5. The number of aryl methyl sites for hydroxylation is 2. The minimum Gasteiger partial charge on any atom is -0.508 e. The minimum absolute atomic E-state index is 0.122. The number of aldehydes is 1. The molecule has 1 heterocycles. The Kier molecular flexibility index (Phi) is 5.72. The van der Waals surface area contributed by atoms with Crippen molar-refractivity contribution in [3.8, 4) is 0 Å². The number of aromatic amines is 1. The van der Waals surface area contributed by atoms with Gasteiger partial charge in [-0.15, -0.1) is 0 Å². The molecular formula is C28H27NO3. The molecule has 4 heteroatoms. The van der Waals surface area contributed by atoms with Gasteiger partial charge in [-0.25, -0.2) is 0 Å². The van der Waals surface area contributed by atoms with Gasteiger partial charge in [0.25, 0.3) is 0 Å². The molecule has 1 aromatic heterocycles. The standard InChI is InChI=1S/C28H27NO3/c1-18-14-15-22-19(2)26(29-24(22)16-18)25(20-10-6-4-7-11-20)23(17-30)27(31)28(3,32)21-12-8-5-9-13-21/h4-17,25,29,31-32H,1-3H3/b27-23-/t25?,28-/m1/s1. The Morgan fingerprint density at radius 1 is 0.969 bits per heavy atom. The Morgan fingerprint density at radius 3 is 2.22 bits per heavy atom. The summed E-state index contributed by atoms with van der Waals surface area (Å²) in [4.78, 5) is 15.9. The summed E-state index contributed by atoms with van der Waals surface area (Å²) in [6.45, 7) is 5.54. The highest BCUT2D eigenvalue weighted by Crippen LogP contribution is 2.40. The summed E-state index contributed by atoms with van der Waals surface area (Å²) in [5.41, 5.74) is 3.66. The van der Waals surface area contributed by atoms with Gasteiger partial charge in [-0.1, -0.05) is 72.8 Å². The molecule has 2 atom stereocenters. The summed E-state index contributed by atoms with van der Waals surface area (Å²) in [6, 6.07) is 24.6. The maximum atomic E-state index is 12.5.